The Bertz CT molecular complexity index is 2370. The van der Waals surface area contributed by atoms with Crippen LogP contribution in [0.4, 0.5) is 0 Å². The SMILES string of the molecule is CCCC1c2cc3c4c(CBr)c2OCOc2c1cc1c(c2CBr)OCOc2c(cc5c(c2COC(C)=O)OCOc2c(cc(c(c2COC(C)=O)OCO4)[C@H]3CCC)C5CCC)[C@H]1CCC. The van der Waals surface area contributed by atoms with Gasteiger partial charge in [0.2, 0.25) is 27.2 Å². The largest absolute Gasteiger partial charge is 0.461 e. The van der Waals surface area contributed by atoms with E-state index in [2.05, 4.69) is 83.8 Å². The van der Waals surface area contributed by atoms with Gasteiger partial charge in [-0.15, -0.1) is 0 Å². The summed E-state index contributed by atoms with van der Waals surface area (Å²) in [6.07, 6.45) is 6.42. The molecule has 2 atom stereocenters. The molecule has 66 heavy (non-hydrogen) atoms. The Morgan fingerprint density at radius 1 is 0.424 bits per heavy atom. The first-order valence-corrected chi connectivity index (χ1v) is 25.6. The van der Waals surface area contributed by atoms with E-state index in [0.717, 1.165) is 112 Å². The lowest BCUT2D eigenvalue weighted by Crippen LogP contribution is -2.25. The minimum Gasteiger partial charge on any atom is -0.461 e. The zero-order valence-electron chi connectivity index (χ0n) is 38.6. The van der Waals surface area contributed by atoms with Crippen LogP contribution in [0.1, 0.15) is 183 Å². The van der Waals surface area contributed by atoms with Crippen LogP contribution in [0.15, 0.2) is 24.3 Å². The third-order valence-corrected chi connectivity index (χ3v) is 14.7. The van der Waals surface area contributed by atoms with Gasteiger partial charge >= 0.3 is 11.9 Å². The summed E-state index contributed by atoms with van der Waals surface area (Å²) in [5.41, 5.74) is 10.9. The lowest BCUT2D eigenvalue weighted by Gasteiger charge is -2.37. The molecular weight excluding hydrogens is 976 g/mol. The van der Waals surface area contributed by atoms with E-state index in [0.29, 0.717) is 62.7 Å². The van der Waals surface area contributed by atoms with E-state index in [9.17, 15) is 9.59 Å². The van der Waals surface area contributed by atoms with Crippen molar-refractivity contribution in [1.82, 2.24) is 0 Å². The molecule has 8 bridgehead atoms. The normalized spacial score (nSPS) is 19.3. The van der Waals surface area contributed by atoms with E-state index in [1.165, 1.54) is 13.8 Å². The summed E-state index contributed by atoms with van der Waals surface area (Å²) in [6, 6.07) is 9.16. The van der Waals surface area contributed by atoms with Crippen LogP contribution in [0.5, 0.6) is 46.0 Å². The fourth-order valence-electron chi connectivity index (χ4n) is 10.9. The molecule has 4 aliphatic heterocycles. The Kier molecular flexibility index (Phi) is 13.9. The number of alkyl halides is 2. The molecule has 352 valence electrons. The van der Waals surface area contributed by atoms with Crippen molar-refractivity contribution in [2.75, 3.05) is 27.2 Å². The van der Waals surface area contributed by atoms with Gasteiger partial charge in [0.1, 0.15) is 59.2 Å². The van der Waals surface area contributed by atoms with Crippen LogP contribution < -0.4 is 37.9 Å². The zero-order valence-corrected chi connectivity index (χ0v) is 41.8. The summed E-state index contributed by atoms with van der Waals surface area (Å²) in [5, 5.41) is 0.923. The van der Waals surface area contributed by atoms with Gasteiger partial charge < -0.3 is 47.4 Å². The van der Waals surface area contributed by atoms with Crippen molar-refractivity contribution in [1.29, 1.82) is 0 Å². The molecule has 0 N–H and O–H groups in total. The quantitative estimate of drug-likeness (QED) is 0.0881. The minimum absolute atomic E-state index is 0.0397. The number of rotatable bonds is 14. The monoisotopic (exact) mass is 1030 g/mol. The first kappa shape index (κ1) is 46.3. The first-order valence-electron chi connectivity index (χ1n) is 23.4. The molecule has 0 amide bonds. The smallest absolute Gasteiger partial charge is 0.302 e. The Balaban J connectivity index is 1.50. The van der Waals surface area contributed by atoms with Gasteiger partial charge in [0.25, 0.3) is 0 Å². The lowest BCUT2D eigenvalue weighted by molar-refractivity contribution is -0.143. The number of hydrogen-bond acceptors (Lipinski definition) is 12. The molecule has 12 nitrogen and oxygen atoms in total. The van der Waals surface area contributed by atoms with Gasteiger partial charge in [0.15, 0.2) is 0 Å². The average molecular weight is 1030 g/mol. The minimum atomic E-state index is -0.429. The van der Waals surface area contributed by atoms with Gasteiger partial charge in [-0.3, -0.25) is 9.59 Å². The highest BCUT2D eigenvalue weighted by Gasteiger charge is 2.41. The molecule has 4 aromatic carbocycles. The van der Waals surface area contributed by atoms with Crippen molar-refractivity contribution in [3.63, 3.8) is 0 Å². The van der Waals surface area contributed by atoms with Crippen molar-refractivity contribution < 1.29 is 57.0 Å². The molecule has 0 aromatic heterocycles. The van der Waals surface area contributed by atoms with Crippen molar-refractivity contribution in [3.05, 3.63) is 91.0 Å². The van der Waals surface area contributed by atoms with Crippen molar-refractivity contribution in [2.24, 2.45) is 0 Å². The van der Waals surface area contributed by atoms with Crippen LogP contribution in [0, 0.1) is 0 Å². The predicted octanol–water partition coefficient (Wildman–Crippen LogP) is 12.6. The highest BCUT2D eigenvalue weighted by Crippen LogP contribution is 2.58. The number of carbonyl (C=O) groups is 2. The number of ether oxygens (including phenoxy) is 10. The van der Waals surface area contributed by atoms with Gasteiger partial charge in [-0.05, 0) is 49.9 Å². The molecule has 0 unspecified atom stereocenters. The maximum absolute atomic E-state index is 12.7. The van der Waals surface area contributed by atoms with E-state index >= 15 is 0 Å². The van der Waals surface area contributed by atoms with E-state index < -0.39 is 11.9 Å². The van der Waals surface area contributed by atoms with E-state index in [1.54, 1.807) is 0 Å². The maximum Gasteiger partial charge on any atom is 0.302 e. The van der Waals surface area contributed by atoms with Gasteiger partial charge in [0, 0.05) is 104 Å². The topological polar surface area (TPSA) is 126 Å². The molecule has 4 aromatic rings. The predicted molar refractivity (Wildman–Crippen MR) is 253 cm³/mol. The fraction of sp³-hybridized carbons (Fsp3) is 0.500. The number of benzene rings is 4. The molecule has 4 heterocycles. The molecule has 0 saturated heterocycles. The van der Waals surface area contributed by atoms with Crippen LogP contribution in [-0.2, 0) is 42.9 Å². The molecule has 0 radical (unpaired) electrons. The van der Waals surface area contributed by atoms with E-state index in [1.807, 2.05) is 0 Å². The average Bonchev–Trinajstić information content (AvgIpc) is 3.28. The Morgan fingerprint density at radius 3 is 0.818 bits per heavy atom. The summed E-state index contributed by atoms with van der Waals surface area (Å²) >= 11 is 7.77. The van der Waals surface area contributed by atoms with Gasteiger partial charge in [0.05, 0.1) is 11.1 Å². The Labute approximate surface area is 403 Å². The zero-order chi connectivity index (χ0) is 46.2. The summed E-state index contributed by atoms with van der Waals surface area (Å²) < 4.78 is 65.7. The summed E-state index contributed by atoms with van der Waals surface area (Å²) in [6.45, 7) is 10.9. The Hall–Kier alpha value is -4.82. The molecule has 0 fully saturated rings. The third kappa shape index (κ3) is 8.11. The summed E-state index contributed by atoms with van der Waals surface area (Å²) in [4.78, 5) is 25.3. The highest BCUT2D eigenvalue weighted by atomic mass is 79.9. The molecule has 5 aliphatic rings. The second-order valence-corrected chi connectivity index (χ2v) is 18.7. The second-order valence-electron chi connectivity index (χ2n) is 17.6. The molecule has 14 heteroatoms. The number of halogens is 2. The molecule has 0 saturated carbocycles. The Morgan fingerprint density at radius 2 is 0.636 bits per heavy atom. The van der Waals surface area contributed by atoms with Crippen LogP contribution in [0.25, 0.3) is 0 Å². The van der Waals surface area contributed by atoms with Crippen LogP contribution in [0.2, 0.25) is 0 Å². The molecular formula is C52H58Br2O12. The van der Waals surface area contributed by atoms with E-state index in [4.69, 9.17) is 47.4 Å². The third-order valence-electron chi connectivity index (χ3n) is 13.6. The summed E-state index contributed by atoms with van der Waals surface area (Å²) in [7, 11) is 0. The van der Waals surface area contributed by atoms with Gasteiger partial charge in [-0.2, -0.15) is 0 Å². The van der Waals surface area contributed by atoms with Crippen LogP contribution in [-0.4, -0.2) is 39.1 Å². The summed E-state index contributed by atoms with van der Waals surface area (Å²) in [5.74, 6) is 3.35. The van der Waals surface area contributed by atoms with E-state index in [-0.39, 0.29) is 64.1 Å². The van der Waals surface area contributed by atoms with Gasteiger partial charge in [-0.1, -0.05) is 85.2 Å². The number of carbonyl (C=O) groups excluding carboxylic acids is 2. The van der Waals surface area contributed by atoms with Gasteiger partial charge in [-0.25, -0.2) is 0 Å². The lowest BCUT2D eigenvalue weighted by atomic mass is 9.74. The fourth-order valence-corrected chi connectivity index (χ4v) is 12.0. The first-order chi connectivity index (χ1) is 32.2. The maximum atomic E-state index is 12.7. The second kappa shape index (κ2) is 19.8. The van der Waals surface area contributed by atoms with Crippen molar-refractivity contribution >= 4 is 43.8 Å². The van der Waals surface area contributed by atoms with Crippen LogP contribution >= 0.6 is 31.9 Å². The van der Waals surface area contributed by atoms with Crippen molar-refractivity contribution in [3.8, 4) is 46.0 Å². The number of esters is 2. The molecule has 9 rings (SSSR count). The highest BCUT2D eigenvalue weighted by molar-refractivity contribution is 9.08. The number of hydrogen-bond donors (Lipinski definition) is 0. The van der Waals surface area contributed by atoms with Crippen molar-refractivity contribution in [2.45, 2.75) is 140 Å². The molecule has 0 spiro atoms. The standard InChI is InChI=1S/C52H58Br2O12/c1-7-11-29-33-15-35-30(12-8-2)37-17-39-32(14-10-4)40-18-38-31(13-9-3)36-16-34(29)46-42(20-54)48(36)62-25-64-50(38)44(22-58-28(6)56)52(40)66-26-65-51(39)43(21-57-27(5)55)49(37)63-24-61-47(35)41(19-53)45(33)59-23-60-46/h15-18,29-32H,7-14,19-26H2,1-6H3/t29?,30-,31-,32?/m0/s1. The van der Waals surface area contributed by atoms with Crippen LogP contribution in [0.3, 0.4) is 0 Å². The molecule has 1 aliphatic carbocycles.